The minimum atomic E-state index is -0.309. The molecule has 1 aromatic heterocycles. The smallest absolute Gasteiger partial charge is 0.233 e. The summed E-state index contributed by atoms with van der Waals surface area (Å²) in [4.78, 5) is 13.9. The fourth-order valence-corrected chi connectivity index (χ4v) is 3.35. The van der Waals surface area contributed by atoms with Crippen LogP contribution in [0.2, 0.25) is 0 Å². The zero-order chi connectivity index (χ0) is 21.5. The van der Waals surface area contributed by atoms with Crippen LogP contribution in [0.3, 0.4) is 0 Å². The minimum absolute atomic E-state index is 0.110. The fourth-order valence-electron chi connectivity index (χ4n) is 2.53. The average molecular weight is 431 g/mol. The van der Waals surface area contributed by atoms with Crippen molar-refractivity contribution in [3.63, 3.8) is 0 Å². The predicted molar refractivity (Wildman–Crippen MR) is 111 cm³/mol. The molecule has 0 aliphatic heterocycles. The Balaban J connectivity index is 1.51. The molecule has 10 heteroatoms. The van der Waals surface area contributed by atoms with Gasteiger partial charge in [0, 0.05) is 19.7 Å². The Kier molecular flexibility index (Phi) is 7.12. The van der Waals surface area contributed by atoms with Crippen LogP contribution in [0.1, 0.15) is 11.4 Å². The minimum Gasteiger partial charge on any atom is -0.497 e. The highest BCUT2D eigenvalue weighted by Crippen LogP contribution is 2.21. The second-order valence-corrected chi connectivity index (χ2v) is 7.34. The summed E-state index contributed by atoms with van der Waals surface area (Å²) in [6.07, 6.45) is 0. The molecular weight excluding hydrogens is 409 g/mol. The van der Waals surface area contributed by atoms with E-state index in [9.17, 15) is 9.18 Å². The van der Waals surface area contributed by atoms with E-state index in [1.807, 2.05) is 12.1 Å². The van der Waals surface area contributed by atoms with E-state index in [4.69, 9.17) is 15.3 Å². The summed E-state index contributed by atoms with van der Waals surface area (Å²) in [5, 5.41) is 8.45. The number of carbonyl (C=O) groups is 1. The lowest BCUT2D eigenvalue weighted by Crippen LogP contribution is -2.28. The molecule has 0 unspecified atom stereocenters. The van der Waals surface area contributed by atoms with Crippen LogP contribution < -0.4 is 15.3 Å². The van der Waals surface area contributed by atoms with Gasteiger partial charge in [-0.25, -0.2) is 9.07 Å². The van der Waals surface area contributed by atoms with Crippen molar-refractivity contribution < 1.29 is 18.7 Å². The maximum Gasteiger partial charge on any atom is 0.233 e. The third-order valence-corrected chi connectivity index (χ3v) is 5.16. The van der Waals surface area contributed by atoms with Crippen LogP contribution in [0.15, 0.2) is 53.7 Å². The van der Waals surface area contributed by atoms with Crippen LogP contribution in [0.25, 0.3) is 0 Å². The number of rotatable bonds is 9. The van der Waals surface area contributed by atoms with Crippen molar-refractivity contribution >= 4 is 17.7 Å². The van der Waals surface area contributed by atoms with E-state index in [1.54, 1.807) is 43.3 Å². The third kappa shape index (κ3) is 5.63. The van der Waals surface area contributed by atoms with Gasteiger partial charge in [-0.3, -0.25) is 4.79 Å². The molecule has 0 atom stereocenters. The van der Waals surface area contributed by atoms with E-state index in [0.29, 0.717) is 29.0 Å². The molecule has 1 heterocycles. The zero-order valence-corrected chi connectivity index (χ0v) is 17.4. The van der Waals surface area contributed by atoms with Crippen molar-refractivity contribution in [3.05, 3.63) is 65.7 Å². The van der Waals surface area contributed by atoms with Crippen molar-refractivity contribution in [2.24, 2.45) is 0 Å². The lowest BCUT2D eigenvalue weighted by Gasteiger charge is -2.17. The van der Waals surface area contributed by atoms with Crippen molar-refractivity contribution in [2.75, 3.05) is 25.8 Å². The molecule has 0 saturated heterocycles. The lowest BCUT2D eigenvalue weighted by atomic mass is 10.2. The van der Waals surface area contributed by atoms with Crippen molar-refractivity contribution in [2.45, 2.75) is 18.3 Å². The number of ether oxygens (including phenoxy) is 2. The van der Waals surface area contributed by atoms with Crippen molar-refractivity contribution in [1.82, 2.24) is 19.8 Å². The number of methoxy groups -OCH3 is 1. The first-order chi connectivity index (χ1) is 14.5. The van der Waals surface area contributed by atoms with Gasteiger partial charge in [-0.2, -0.15) is 0 Å². The van der Waals surface area contributed by atoms with Gasteiger partial charge in [-0.05, 0) is 29.8 Å². The molecule has 0 fully saturated rings. The SMILES string of the molecule is COc1cccc(OCc2nnc(SCC(=O)N(C)Cc3ccc(F)cc3)n2N)c1. The van der Waals surface area contributed by atoms with Gasteiger partial charge < -0.3 is 20.2 Å². The maximum atomic E-state index is 13.0. The number of thioether (sulfide) groups is 1. The molecule has 158 valence electrons. The van der Waals surface area contributed by atoms with E-state index in [2.05, 4.69) is 10.2 Å². The van der Waals surface area contributed by atoms with E-state index in [0.717, 1.165) is 5.56 Å². The zero-order valence-electron chi connectivity index (χ0n) is 16.6. The molecule has 3 aromatic rings. The summed E-state index contributed by atoms with van der Waals surface area (Å²) in [6.45, 7) is 0.504. The number of hydrogen-bond donors (Lipinski definition) is 1. The summed E-state index contributed by atoms with van der Waals surface area (Å²) >= 11 is 1.18. The lowest BCUT2D eigenvalue weighted by molar-refractivity contribution is -0.127. The number of nitrogen functional groups attached to an aromatic ring is 1. The quantitative estimate of drug-likeness (QED) is 0.411. The van der Waals surface area contributed by atoms with Crippen LogP contribution in [-0.2, 0) is 17.9 Å². The maximum absolute atomic E-state index is 13.0. The van der Waals surface area contributed by atoms with Gasteiger partial charge in [-0.15, -0.1) is 10.2 Å². The Labute approximate surface area is 177 Å². The molecule has 0 radical (unpaired) electrons. The predicted octanol–water partition coefficient (Wildman–Crippen LogP) is 2.47. The topological polar surface area (TPSA) is 95.5 Å². The first-order valence-electron chi connectivity index (χ1n) is 9.03. The molecule has 1 amide bonds. The molecule has 2 aromatic carbocycles. The van der Waals surface area contributed by atoms with E-state index in [-0.39, 0.29) is 24.1 Å². The molecule has 30 heavy (non-hydrogen) atoms. The van der Waals surface area contributed by atoms with E-state index in [1.165, 1.54) is 28.6 Å². The molecule has 0 aliphatic carbocycles. The number of nitrogens with zero attached hydrogens (tertiary/aromatic N) is 4. The third-order valence-electron chi connectivity index (χ3n) is 4.23. The Morgan fingerprint density at radius 1 is 1.20 bits per heavy atom. The molecule has 0 aliphatic rings. The van der Waals surface area contributed by atoms with E-state index < -0.39 is 0 Å². The van der Waals surface area contributed by atoms with Crippen molar-refractivity contribution in [3.8, 4) is 11.5 Å². The summed E-state index contributed by atoms with van der Waals surface area (Å²) in [7, 11) is 3.27. The summed E-state index contributed by atoms with van der Waals surface area (Å²) in [5.41, 5.74) is 0.844. The van der Waals surface area contributed by atoms with Gasteiger partial charge in [-0.1, -0.05) is 30.0 Å². The first kappa shape index (κ1) is 21.4. The number of carbonyl (C=O) groups excluding carboxylic acids is 1. The summed E-state index contributed by atoms with van der Waals surface area (Å²) in [6, 6.07) is 13.2. The highest BCUT2D eigenvalue weighted by Gasteiger charge is 2.15. The largest absolute Gasteiger partial charge is 0.497 e. The first-order valence-corrected chi connectivity index (χ1v) is 10.0. The Morgan fingerprint density at radius 2 is 1.93 bits per heavy atom. The number of aromatic nitrogens is 3. The van der Waals surface area contributed by atoms with Gasteiger partial charge in [0.25, 0.3) is 0 Å². The molecule has 0 bridgehead atoms. The summed E-state index contributed by atoms with van der Waals surface area (Å²) in [5.74, 6) is 7.47. The van der Waals surface area contributed by atoms with Gasteiger partial charge in [0.15, 0.2) is 5.82 Å². The molecular formula is C20H22FN5O3S. The second-order valence-electron chi connectivity index (χ2n) is 6.40. The highest BCUT2D eigenvalue weighted by atomic mass is 32.2. The molecule has 8 nitrogen and oxygen atoms in total. The summed E-state index contributed by atoms with van der Waals surface area (Å²) < 4.78 is 25.1. The van der Waals surface area contributed by atoms with Crippen LogP contribution in [0.5, 0.6) is 11.5 Å². The van der Waals surface area contributed by atoms with Crippen LogP contribution in [0.4, 0.5) is 4.39 Å². The standard InChI is InChI=1S/C20H22FN5O3S/c1-25(11-14-6-8-15(21)9-7-14)19(27)13-30-20-24-23-18(26(20)22)12-29-17-5-3-4-16(10-17)28-2/h3-10H,11-13,22H2,1-2H3. The van der Waals surface area contributed by atoms with Gasteiger partial charge in [0.05, 0.1) is 12.9 Å². The molecule has 2 N–H and O–H groups in total. The number of nitrogens with two attached hydrogens (primary N) is 1. The second kappa shape index (κ2) is 9.97. The number of benzene rings is 2. The Hall–Kier alpha value is -3.27. The highest BCUT2D eigenvalue weighted by molar-refractivity contribution is 7.99. The number of halogens is 1. The van der Waals surface area contributed by atoms with Crippen molar-refractivity contribution in [1.29, 1.82) is 0 Å². The van der Waals surface area contributed by atoms with Gasteiger partial charge in [0.1, 0.15) is 23.9 Å². The number of amides is 1. The molecule has 0 spiro atoms. The molecule has 3 rings (SSSR count). The van der Waals surface area contributed by atoms with Gasteiger partial charge >= 0.3 is 0 Å². The van der Waals surface area contributed by atoms with Crippen LogP contribution in [-0.4, -0.2) is 45.6 Å². The number of hydrogen-bond acceptors (Lipinski definition) is 7. The Morgan fingerprint density at radius 3 is 2.67 bits per heavy atom. The van der Waals surface area contributed by atoms with Gasteiger partial charge in [0.2, 0.25) is 11.1 Å². The van der Waals surface area contributed by atoms with E-state index >= 15 is 0 Å². The fraction of sp³-hybridized carbons (Fsp3) is 0.250. The average Bonchev–Trinajstić information content (AvgIpc) is 3.11. The monoisotopic (exact) mass is 431 g/mol. The van der Waals surface area contributed by atoms with Crippen LogP contribution >= 0.6 is 11.8 Å². The molecule has 0 saturated carbocycles. The Bertz CT molecular complexity index is 996. The van der Waals surface area contributed by atoms with Crippen LogP contribution in [0, 0.1) is 5.82 Å². The normalized spacial score (nSPS) is 10.6.